The molecular weight excluding hydrogens is 274 g/mol. The van der Waals surface area contributed by atoms with Crippen LogP contribution in [0.25, 0.3) is 11.1 Å². The van der Waals surface area contributed by atoms with Gasteiger partial charge in [-0.3, -0.25) is 9.59 Å². The minimum atomic E-state index is -0.855. The average molecular weight is 289 g/mol. The highest BCUT2D eigenvalue weighted by Crippen LogP contribution is 2.22. The molecular formula is C14H15N3O4. The topological polar surface area (TPSA) is 96.5 Å². The maximum absolute atomic E-state index is 12.4. The number of nitrogens with zero attached hydrogens (tertiary/aromatic N) is 3. The number of aromatic nitrogens is 2. The van der Waals surface area contributed by atoms with Crippen LogP contribution >= 0.6 is 0 Å². The Balaban J connectivity index is 1.86. The van der Waals surface area contributed by atoms with Crippen LogP contribution in [0.1, 0.15) is 29.4 Å². The van der Waals surface area contributed by atoms with Crippen LogP contribution in [-0.4, -0.2) is 45.1 Å². The molecule has 1 atom stereocenters. The summed E-state index contributed by atoms with van der Waals surface area (Å²) in [5, 5.41) is 13.6. The number of likely N-dealkylation sites (tertiary alicyclic amines) is 1. The lowest BCUT2D eigenvalue weighted by molar-refractivity contribution is -0.141. The second-order valence-corrected chi connectivity index (χ2v) is 5.13. The van der Waals surface area contributed by atoms with Crippen molar-refractivity contribution >= 4 is 23.0 Å². The molecule has 1 aliphatic rings. The number of carboxylic acid groups (broad SMARTS) is 1. The van der Waals surface area contributed by atoms with E-state index in [9.17, 15) is 9.59 Å². The molecule has 1 aliphatic heterocycles. The molecule has 110 valence electrons. The van der Waals surface area contributed by atoms with E-state index in [1.165, 1.54) is 6.20 Å². The van der Waals surface area contributed by atoms with Gasteiger partial charge in [-0.25, -0.2) is 4.98 Å². The van der Waals surface area contributed by atoms with Crippen molar-refractivity contribution in [3.8, 4) is 0 Å². The molecule has 3 rings (SSSR count). The van der Waals surface area contributed by atoms with Gasteiger partial charge < -0.3 is 14.5 Å². The summed E-state index contributed by atoms with van der Waals surface area (Å²) in [6.45, 7) is 2.65. The minimum absolute atomic E-state index is 0.198. The van der Waals surface area contributed by atoms with E-state index >= 15 is 0 Å². The predicted octanol–water partition coefficient (Wildman–Crippen LogP) is 1.33. The molecule has 2 aromatic heterocycles. The summed E-state index contributed by atoms with van der Waals surface area (Å²) in [6.07, 6.45) is 2.63. The van der Waals surface area contributed by atoms with E-state index in [-0.39, 0.29) is 12.5 Å². The van der Waals surface area contributed by atoms with Crippen LogP contribution in [0.3, 0.4) is 0 Å². The van der Waals surface area contributed by atoms with Gasteiger partial charge in [-0.05, 0) is 18.9 Å². The lowest BCUT2D eigenvalue weighted by atomic mass is 10.1. The van der Waals surface area contributed by atoms with Gasteiger partial charge in [0.05, 0.1) is 22.6 Å². The van der Waals surface area contributed by atoms with Gasteiger partial charge in [-0.15, -0.1) is 0 Å². The summed E-state index contributed by atoms with van der Waals surface area (Å²) < 4.78 is 5.08. The van der Waals surface area contributed by atoms with E-state index < -0.39 is 11.9 Å². The fourth-order valence-corrected chi connectivity index (χ4v) is 2.58. The Morgan fingerprint density at radius 2 is 2.33 bits per heavy atom. The summed E-state index contributed by atoms with van der Waals surface area (Å²) in [4.78, 5) is 29.0. The number of carbonyl (C=O) groups is 2. The van der Waals surface area contributed by atoms with E-state index in [1.54, 1.807) is 11.0 Å². The van der Waals surface area contributed by atoms with E-state index in [0.29, 0.717) is 30.7 Å². The standard InChI is InChI=1S/C14H15N3O4/c1-2-11-10-5-9(6-15-12(10)21-16-11)13(18)17-4-3-8(7-17)14(19)20/h5-6,8H,2-4,7H2,1H3,(H,19,20). The summed E-state index contributed by atoms with van der Waals surface area (Å²) in [5.74, 6) is -1.53. The molecule has 1 unspecified atom stereocenters. The fourth-order valence-electron chi connectivity index (χ4n) is 2.58. The molecule has 1 amide bonds. The van der Waals surface area contributed by atoms with Crippen LogP contribution < -0.4 is 0 Å². The molecule has 1 fully saturated rings. The number of aliphatic carboxylic acids is 1. The smallest absolute Gasteiger partial charge is 0.308 e. The Hall–Kier alpha value is -2.44. The van der Waals surface area contributed by atoms with Gasteiger partial charge >= 0.3 is 5.97 Å². The minimum Gasteiger partial charge on any atom is -0.481 e. The number of fused-ring (bicyclic) bond motifs is 1. The third-order valence-corrected chi connectivity index (χ3v) is 3.81. The zero-order chi connectivity index (χ0) is 15.0. The zero-order valence-corrected chi connectivity index (χ0v) is 11.6. The molecule has 0 aliphatic carbocycles. The highest BCUT2D eigenvalue weighted by Gasteiger charge is 2.31. The maximum atomic E-state index is 12.4. The van der Waals surface area contributed by atoms with E-state index in [0.717, 1.165) is 11.1 Å². The van der Waals surface area contributed by atoms with Crippen molar-refractivity contribution < 1.29 is 19.2 Å². The average Bonchev–Trinajstić information content (AvgIpc) is 3.12. The van der Waals surface area contributed by atoms with Crippen molar-refractivity contribution in [2.45, 2.75) is 19.8 Å². The molecule has 0 saturated carbocycles. The normalized spacial score (nSPS) is 18.3. The molecule has 7 nitrogen and oxygen atoms in total. The lowest BCUT2D eigenvalue weighted by Gasteiger charge is -2.15. The predicted molar refractivity (Wildman–Crippen MR) is 72.8 cm³/mol. The number of hydrogen-bond donors (Lipinski definition) is 1. The Morgan fingerprint density at radius 1 is 1.52 bits per heavy atom. The monoisotopic (exact) mass is 289 g/mol. The molecule has 1 saturated heterocycles. The van der Waals surface area contributed by atoms with Gasteiger partial charge in [0.15, 0.2) is 0 Å². The quantitative estimate of drug-likeness (QED) is 0.915. The summed E-state index contributed by atoms with van der Waals surface area (Å²) in [7, 11) is 0. The number of amides is 1. The molecule has 0 radical (unpaired) electrons. The van der Waals surface area contributed by atoms with Gasteiger partial charge in [-0.2, -0.15) is 0 Å². The van der Waals surface area contributed by atoms with Gasteiger partial charge in [0.25, 0.3) is 11.6 Å². The van der Waals surface area contributed by atoms with Crippen LogP contribution in [-0.2, 0) is 11.2 Å². The Labute approximate surface area is 120 Å². The van der Waals surface area contributed by atoms with Crippen molar-refractivity contribution in [2.75, 3.05) is 13.1 Å². The zero-order valence-electron chi connectivity index (χ0n) is 11.6. The molecule has 0 aromatic carbocycles. The molecule has 2 aromatic rings. The highest BCUT2D eigenvalue weighted by molar-refractivity contribution is 5.97. The third kappa shape index (κ3) is 2.35. The summed E-state index contributed by atoms with van der Waals surface area (Å²) >= 11 is 0. The van der Waals surface area contributed by atoms with Crippen molar-refractivity contribution in [3.63, 3.8) is 0 Å². The van der Waals surface area contributed by atoms with Gasteiger partial charge in [0.2, 0.25) is 0 Å². The first-order chi connectivity index (χ1) is 10.1. The molecule has 0 bridgehead atoms. The van der Waals surface area contributed by atoms with E-state index in [1.807, 2.05) is 6.92 Å². The first-order valence-electron chi connectivity index (χ1n) is 6.86. The van der Waals surface area contributed by atoms with Gasteiger partial charge in [-0.1, -0.05) is 12.1 Å². The summed E-state index contributed by atoms with van der Waals surface area (Å²) in [5.41, 5.74) is 1.61. The second-order valence-electron chi connectivity index (χ2n) is 5.13. The molecule has 1 N–H and O–H groups in total. The van der Waals surface area contributed by atoms with Crippen molar-refractivity contribution in [1.29, 1.82) is 0 Å². The number of rotatable bonds is 3. The van der Waals surface area contributed by atoms with Crippen LogP contribution in [0, 0.1) is 5.92 Å². The van der Waals surface area contributed by atoms with Crippen molar-refractivity contribution in [2.24, 2.45) is 5.92 Å². The number of hydrogen-bond acceptors (Lipinski definition) is 5. The molecule has 0 spiro atoms. The summed E-state index contributed by atoms with van der Waals surface area (Å²) in [6, 6.07) is 1.72. The lowest BCUT2D eigenvalue weighted by Crippen LogP contribution is -2.30. The molecule has 3 heterocycles. The Bertz CT molecular complexity index is 709. The van der Waals surface area contributed by atoms with Crippen molar-refractivity contribution in [3.05, 3.63) is 23.5 Å². The van der Waals surface area contributed by atoms with Crippen LogP contribution in [0.4, 0.5) is 0 Å². The Morgan fingerprint density at radius 3 is 3.00 bits per heavy atom. The second kappa shape index (κ2) is 5.16. The Kier molecular flexibility index (Phi) is 3.32. The van der Waals surface area contributed by atoms with Gasteiger partial charge in [0, 0.05) is 19.3 Å². The molecule has 21 heavy (non-hydrogen) atoms. The first kappa shape index (κ1) is 13.5. The van der Waals surface area contributed by atoms with E-state index in [4.69, 9.17) is 9.63 Å². The number of carboxylic acids is 1. The number of aryl methyl sites for hydroxylation is 1. The molecule has 7 heteroatoms. The largest absolute Gasteiger partial charge is 0.481 e. The first-order valence-corrected chi connectivity index (χ1v) is 6.86. The van der Waals surface area contributed by atoms with Crippen molar-refractivity contribution in [1.82, 2.24) is 15.0 Å². The third-order valence-electron chi connectivity index (χ3n) is 3.81. The SMILES string of the molecule is CCc1noc2ncc(C(=O)N3CCC(C(=O)O)C3)cc12. The fraction of sp³-hybridized carbons (Fsp3) is 0.429. The van der Waals surface area contributed by atoms with Crippen LogP contribution in [0.2, 0.25) is 0 Å². The highest BCUT2D eigenvalue weighted by atomic mass is 16.5. The number of carbonyl (C=O) groups excluding carboxylic acids is 1. The van der Waals surface area contributed by atoms with Gasteiger partial charge in [0.1, 0.15) is 0 Å². The van der Waals surface area contributed by atoms with Crippen LogP contribution in [0.15, 0.2) is 16.8 Å². The maximum Gasteiger partial charge on any atom is 0.308 e. The number of pyridine rings is 1. The van der Waals surface area contributed by atoms with Crippen LogP contribution in [0.5, 0.6) is 0 Å². The van der Waals surface area contributed by atoms with E-state index in [2.05, 4.69) is 10.1 Å².